The summed E-state index contributed by atoms with van der Waals surface area (Å²) >= 11 is 0. The van der Waals surface area contributed by atoms with E-state index in [4.69, 9.17) is 9.26 Å². The summed E-state index contributed by atoms with van der Waals surface area (Å²) in [5.74, 6) is 1.97. The van der Waals surface area contributed by atoms with E-state index in [1.807, 2.05) is 26.0 Å². The topological polar surface area (TPSA) is 84.6 Å². The first kappa shape index (κ1) is 25.6. The number of hydrogen-bond donors (Lipinski definition) is 2. The zero-order chi connectivity index (χ0) is 22.1. The Morgan fingerprint density at radius 1 is 1.12 bits per heavy atom. The minimum absolute atomic E-state index is 0. The van der Waals surface area contributed by atoms with E-state index in [0.717, 1.165) is 42.0 Å². The van der Waals surface area contributed by atoms with Gasteiger partial charge in [-0.25, -0.2) is 14.4 Å². The number of guanidine groups is 1. The van der Waals surface area contributed by atoms with Crippen molar-refractivity contribution in [3.05, 3.63) is 71.0 Å². The van der Waals surface area contributed by atoms with Crippen molar-refractivity contribution in [2.24, 2.45) is 4.99 Å². The Hall–Kier alpha value is -2.69. The molecule has 32 heavy (non-hydrogen) atoms. The van der Waals surface area contributed by atoms with Crippen LogP contribution in [-0.2, 0) is 25.9 Å². The van der Waals surface area contributed by atoms with Gasteiger partial charge < -0.3 is 19.9 Å². The van der Waals surface area contributed by atoms with Crippen molar-refractivity contribution in [2.75, 3.05) is 6.54 Å². The molecule has 7 nitrogen and oxygen atoms in total. The lowest BCUT2D eigenvalue weighted by molar-refractivity contribution is 0.380. The monoisotopic (exact) mass is 553 g/mol. The molecule has 0 amide bonds. The van der Waals surface area contributed by atoms with E-state index in [1.54, 1.807) is 18.3 Å². The maximum Gasteiger partial charge on any atom is 0.224 e. The van der Waals surface area contributed by atoms with Crippen LogP contribution in [0.1, 0.15) is 43.4 Å². The Kier molecular flexibility index (Phi) is 10.4. The molecule has 2 heterocycles. The number of aliphatic imine (C=N–C) groups is 1. The number of hydrogen-bond acceptors (Lipinski definition) is 5. The average molecular weight is 553 g/mol. The molecule has 0 atom stereocenters. The van der Waals surface area contributed by atoms with Gasteiger partial charge in [0.15, 0.2) is 5.96 Å². The van der Waals surface area contributed by atoms with E-state index >= 15 is 0 Å². The Balaban J connectivity index is 0.00000363. The van der Waals surface area contributed by atoms with Crippen LogP contribution in [0, 0.1) is 5.82 Å². The molecule has 0 fully saturated rings. The lowest BCUT2D eigenvalue weighted by Gasteiger charge is -2.13. The van der Waals surface area contributed by atoms with Gasteiger partial charge in [-0.15, -0.1) is 24.0 Å². The first-order chi connectivity index (χ1) is 15.1. The molecule has 0 saturated carbocycles. The average Bonchev–Trinajstić information content (AvgIpc) is 3.18. The summed E-state index contributed by atoms with van der Waals surface area (Å²) in [4.78, 5) is 8.95. The van der Waals surface area contributed by atoms with Crippen LogP contribution in [-0.4, -0.2) is 22.6 Å². The molecule has 1 aromatic carbocycles. The van der Waals surface area contributed by atoms with Crippen LogP contribution in [0.4, 0.5) is 4.39 Å². The largest absolute Gasteiger partial charge is 0.439 e. The second-order valence-electron chi connectivity index (χ2n) is 6.81. The lowest BCUT2D eigenvalue weighted by Crippen LogP contribution is -2.37. The minimum atomic E-state index is -0.363. The van der Waals surface area contributed by atoms with Crippen molar-refractivity contribution < 1.29 is 13.7 Å². The number of rotatable bonds is 9. The summed E-state index contributed by atoms with van der Waals surface area (Å²) in [6, 6.07) is 9.68. The Labute approximate surface area is 204 Å². The van der Waals surface area contributed by atoms with E-state index in [2.05, 4.69) is 32.7 Å². The summed E-state index contributed by atoms with van der Waals surface area (Å²) in [6.07, 6.45) is 3.23. The van der Waals surface area contributed by atoms with Crippen molar-refractivity contribution in [2.45, 2.75) is 46.7 Å². The fourth-order valence-electron chi connectivity index (χ4n) is 3.09. The molecule has 0 unspecified atom stereocenters. The Morgan fingerprint density at radius 3 is 2.69 bits per heavy atom. The Bertz CT molecular complexity index is 1000. The van der Waals surface area contributed by atoms with Crippen LogP contribution in [0.5, 0.6) is 11.6 Å². The first-order valence-corrected chi connectivity index (χ1v) is 10.5. The number of aromatic nitrogens is 2. The highest BCUT2D eigenvalue weighted by Crippen LogP contribution is 2.24. The van der Waals surface area contributed by atoms with Gasteiger partial charge in [-0.3, -0.25) is 0 Å². The summed E-state index contributed by atoms with van der Waals surface area (Å²) in [6.45, 7) is 7.75. The quantitative estimate of drug-likeness (QED) is 0.221. The fourth-order valence-corrected chi connectivity index (χ4v) is 3.09. The fraction of sp³-hybridized carbons (Fsp3) is 0.348. The highest BCUT2D eigenvalue weighted by atomic mass is 127. The van der Waals surface area contributed by atoms with E-state index in [-0.39, 0.29) is 29.8 Å². The van der Waals surface area contributed by atoms with Crippen molar-refractivity contribution in [3.8, 4) is 11.6 Å². The molecule has 0 radical (unpaired) electrons. The molecule has 0 bridgehead atoms. The predicted octanol–water partition coefficient (Wildman–Crippen LogP) is 5.00. The van der Waals surface area contributed by atoms with Gasteiger partial charge in [0.05, 0.1) is 12.2 Å². The number of ether oxygens (including phenoxy) is 1. The van der Waals surface area contributed by atoms with Crippen LogP contribution in [0.3, 0.4) is 0 Å². The first-order valence-electron chi connectivity index (χ1n) is 10.5. The highest BCUT2D eigenvalue weighted by molar-refractivity contribution is 14.0. The second kappa shape index (κ2) is 13.0. The predicted molar refractivity (Wildman–Crippen MR) is 133 cm³/mol. The van der Waals surface area contributed by atoms with Crippen LogP contribution in [0.2, 0.25) is 0 Å². The number of nitrogens with one attached hydrogen (secondary N) is 2. The van der Waals surface area contributed by atoms with Crippen LogP contribution < -0.4 is 15.4 Å². The molecule has 9 heteroatoms. The van der Waals surface area contributed by atoms with Crippen molar-refractivity contribution in [3.63, 3.8) is 0 Å². The molecule has 172 valence electrons. The van der Waals surface area contributed by atoms with Gasteiger partial charge in [-0.2, -0.15) is 0 Å². The highest BCUT2D eigenvalue weighted by Gasteiger charge is 2.14. The summed E-state index contributed by atoms with van der Waals surface area (Å²) in [5.41, 5.74) is 2.82. The van der Waals surface area contributed by atoms with Crippen molar-refractivity contribution in [1.29, 1.82) is 0 Å². The maximum absolute atomic E-state index is 13.5. The molecule has 0 aliphatic heterocycles. The van der Waals surface area contributed by atoms with Gasteiger partial charge in [-0.05, 0) is 31.5 Å². The van der Waals surface area contributed by atoms with E-state index in [0.29, 0.717) is 30.7 Å². The third-order valence-electron chi connectivity index (χ3n) is 4.65. The zero-order valence-electron chi connectivity index (χ0n) is 18.5. The molecular formula is C23H29FIN5O2. The van der Waals surface area contributed by atoms with Gasteiger partial charge in [0.1, 0.15) is 17.3 Å². The second-order valence-corrected chi connectivity index (χ2v) is 6.81. The molecular weight excluding hydrogens is 524 g/mol. The summed E-state index contributed by atoms with van der Waals surface area (Å²) in [5, 5.41) is 10.7. The molecule has 2 N–H and O–H groups in total. The smallest absolute Gasteiger partial charge is 0.224 e. The molecule has 0 saturated heterocycles. The van der Waals surface area contributed by atoms with E-state index in [1.165, 1.54) is 12.1 Å². The van der Waals surface area contributed by atoms with Gasteiger partial charge >= 0.3 is 0 Å². The third-order valence-corrected chi connectivity index (χ3v) is 4.65. The lowest BCUT2D eigenvalue weighted by atomic mass is 10.1. The van der Waals surface area contributed by atoms with Gasteiger partial charge in [-0.1, -0.05) is 31.1 Å². The van der Waals surface area contributed by atoms with Gasteiger partial charge in [0.2, 0.25) is 5.88 Å². The number of pyridine rings is 1. The van der Waals surface area contributed by atoms with Crippen LogP contribution in [0.15, 0.2) is 52.1 Å². The molecule has 3 rings (SSSR count). The van der Waals surface area contributed by atoms with Crippen molar-refractivity contribution in [1.82, 2.24) is 20.8 Å². The zero-order valence-corrected chi connectivity index (χ0v) is 20.9. The maximum atomic E-state index is 13.5. The summed E-state index contributed by atoms with van der Waals surface area (Å²) < 4.78 is 24.7. The van der Waals surface area contributed by atoms with Crippen LogP contribution in [0.25, 0.3) is 0 Å². The molecule has 0 aliphatic rings. The number of aryl methyl sites for hydroxylation is 2. The minimum Gasteiger partial charge on any atom is -0.439 e. The number of nitrogens with zero attached hydrogens (tertiary/aromatic N) is 3. The summed E-state index contributed by atoms with van der Waals surface area (Å²) in [7, 11) is 0. The van der Waals surface area contributed by atoms with Gasteiger partial charge in [0.25, 0.3) is 0 Å². The normalized spacial score (nSPS) is 11.1. The molecule has 0 aliphatic carbocycles. The van der Waals surface area contributed by atoms with Crippen molar-refractivity contribution >= 4 is 29.9 Å². The van der Waals surface area contributed by atoms with E-state index < -0.39 is 0 Å². The van der Waals surface area contributed by atoms with E-state index in [9.17, 15) is 4.39 Å². The third kappa shape index (κ3) is 6.91. The standard InChI is InChI=1S/C23H28FN5O2.HI/c1-4-20-19(21(5-2)31-29-20)15-28-23(25-6-3)27-14-16-9-8-12-26-22(16)30-18-11-7-10-17(24)13-18;/h7-13H,4-6,14-15H2,1-3H3,(H2,25,27,28);1H. The molecule has 2 aromatic heterocycles. The van der Waals surface area contributed by atoms with Gasteiger partial charge in [0, 0.05) is 42.9 Å². The molecule has 0 spiro atoms. The number of benzene rings is 1. The Morgan fingerprint density at radius 2 is 1.97 bits per heavy atom. The number of halogens is 2. The van der Waals surface area contributed by atoms with Crippen LogP contribution >= 0.6 is 24.0 Å². The molecule has 3 aromatic rings. The SMILES string of the molecule is CCNC(=NCc1cccnc1Oc1cccc(F)c1)NCc1c(CC)noc1CC.I.